The lowest BCUT2D eigenvalue weighted by atomic mass is 9.78. The summed E-state index contributed by atoms with van der Waals surface area (Å²) in [5.74, 6) is 0.0381. The number of rotatable bonds is 7. The van der Waals surface area contributed by atoms with Gasteiger partial charge in [0.25, 0.3) is 0 Å². The Labute approximate surface area is 132 Å². The van der Waals surface area contributed by atoms with Gasteiger partial charge >= 0.3 is 0 Å². The third-order valence-corrected chi connectivity index (χ3v) is 4.35. The number of aliphatic hydroxyl groups excluding tert-OH is 1. The van der Waals surface area contributed by atoms with Gasteiger partial charge < -0.3 is 10.4 Å². The minimum Gasteiger partial charge on any atom is -0.396 e. The summed E-state index contributed by atoms with van der Waals surface area (Å²) in [7, 11) is 0. The molecule has 0 aromatic heterocycles. The summed E-state index contributed by atoms with van der Waals surface area (Å²) in [6, 6.07) is 9.91. The molecule has 22 heavy (non-hydrogen) atoms. The smallest absolute Gasteiger partial charge is 0.234 e. The number of piperidine rings is 1. The maximum absolute atomic E-state index is 12.1. The highest BCUT2D eigenvalue weighted by molar-refractivity contribution is 5.78. The van der Waals surface area contributed by atoms with E-state index in [1.54, 1.807) is 0 Å². The predicted octanol–water partition coefficient (Wildman–Crippen LogP) is 1.95. The van der Waals surface area contributed by atoms with E-state index < -0.39 is 0 Å². The second-order valence-electron chi connectivity index (χ2n) is 6.23. The molecule has 4 heteroatoms. The fourth-order valence-corrected chi connectivity index (χ4v) is 3.17. The normalized spacial score (nSPS) is 22.2. The highest BCUT2D eigenvalue weighted by Crippen LogP contribution is 2.33. The molecule has 120 valence electrons. The Morgan fingerprint density at radius 3 is 2.86 bits per heavy atom. The molecule has 1 amide bonds. The van der Waals surface area contributed by atoms with Crippen molar-refractivity contribution in [3.8, 4) is 0 Å². The molecule has 1 aromatic carbocycles. The molecule has 2 N–H and O–H groups in total. The van der Waals surface area contributed by atoms with E-state index in [0.29, 0.717) is 13.1 Å². The summed E-state index contributed by atoms with van der Waals surface area (Å²) in [5.41, 5.74) is 0.977. The van der Waals surface area contributed by atoms with Gasteiger partial charge in [-0.3, -0.25) is 9.69 Å². The summed E-state index contributed by atoms with van der Waals surface area (Å²) in [6.07, 6.45) is 4.68. The number of aliphatic hydroxyl groups is 1. The van der Waals surface area contributed by atoms with Crippen LogP contribution in [0.25, 0.3) is 0 Å². The zero-order valence-corrected chi connectivity index (χ0v) is 13.1. The average molecular weight is 302 g/mol. The number of nitrogens with zero attached hydrogens (tertiary/aromatic N) is 1. The highest BCUT2D eigenvalue weighted by atomic mass is 16.3. The molecule has 0 bridgehead atoms. The lowest BCUT2D eigenvalue weighted by Gasteiger charge is -2.41. The van der Waals surface area contributed by atoms with Crippen LogP contribution in [-0.4, -0.2) is 42.2 Å². The quantitative estimate of drug-likeness (QED) is 0.757. The van der Waals surface area contributed by atoms with Gasteiger partial charge in [-0.1, -0.05) is 36.4 Å². The zero-order valence-electron chi connectivity index (χ0n) is 13.1. The molecule has 1 saturated heterocycles. The molecule has 1 aliphatic heterocycles. The van der Waals surface area contributed by atoms with E-state index in [-0.39, 0.29) is 17.9 Å². The molecular formula is C18H26N2O2. The fraction of sp³-hybridized carbons (Fsp3) is 0.500. The Morgan fingerprint density at radius 2 is 2.18 bits per heavy atom. The predicted molar refractivity (Wildman–Crippen MR) is 88.3 cm³/mol. The van der Waals surface area contributed by atoms with E-state index in [2.05, 4.69) is 16.8 Å². The first-order valence-electron chi connectivity index (χ1n) is 7.92. The molecule has 0 unspecified atom stereocenters. The number of carbonyl (C=O) groups is 1. The number of likely N-dealkylation sites (tertiary alicyclic amines) is 1. The van der Waals surface area contributed by atoms with E-state index in [1.165, 1.54) is 0 Å². The Bertz CT molecular complexity index is 489. The van der Waals surface area contributed by atoms with Gasteiger partial charge in [0, 0.05) is 18.5 Å². The molecule has 1 aliphatic rings. The van der Waals surface area contributed by atoms with Gasteiger partial charge in [-0.25, -0.2) is 0 Å². The Balaban J connectivity index is 1.82. The van der Waals surface area contributed by atoms with Crippen LogP contribution in [-0.2, 0) is 11.3 Å². The van der Waals surface area contributed by atoms with Crippen LogP contribution in [0.3, 0.4) is 0 Å². The SMILES string of the molecule is C=CC[C@@]1(CO)CCCN(CC(=O)NCc2ccccc2)C1. The van der Waals surface area contributed by atoms with Crippen molar-refractivity contribution in [2.75, 3.05) is 26.2 Å². The molecule has 0 aliphatic carbocycles. The number of hydrogen-bond acceptors (Lipinski definition) is 3. The van der Waals surface area contributed by atoms with E-state index in [0.717, 1.165) is 37.9 Å². The minimum atomic E-state index is -0.125. The maximum atomic E-state index is 12.1. The molecule has 1 fully saturated rings. The molecule has 1 atom stereocenters. The number of carbonyl (C=O) groups excluding carboxylic acids is 1. The van der Waals surface area contributed by atoms with Crippen LogP contribution >= 0.6 is 0 Å². The van der Waals surface area contributed by atoms with Crippen molar-refractivity contribution < 1.29 is 9.90 Å². The van der Waals surface area contributed by atoms with Crippen LogP contribution in [0, 0.1) is 5.41 Å². The van der Waals surface area contributed by atoms with Crippen LogP contribution in [0.5, 0.6) is 0 Å². The van der Waals surface area contributed by atoms with Crippen molar-refractivity contribution in [3.05, 3.63) is 48.6 Å². The number of amides is 1. The largest absolute Gasteiger partial charge is 0.396 e. The lowest BCUT2D eigenvalue weighted by molar-refractivity contribution is -0.123. The van der Waals surface area contributed by atoms with Gasteiger partial charge in [0.05, 0.1) is 13.2 Å². The summed E-state index contributed by atoms with van der Waals surface area (Å²) in [6.45, 7) is 6.57. The molecule has 0 saturated carbocycles. The minimum absolute atomic E-state index is 0.0381. The average Bonchev–Trinajstić information content (AvgIpc) is 2.54. The molecule has 1 heterocycles. The van der Waals surface area contributed by atoms with E-state index in [9.17, 15) is 9.90 Å². The van der Waals surface area contributed by atoms with Crippen molar-refractivity contribution in [2.45, 2.75) is 25.8 Å². The van der Waals surface area contributed by atoms with Crippen molar-refractivity contribution >= 4 is 5.91 Å². The molecule has 0 spiro atoms. The van der Waals surface area contributed by atoms with Gasteiger partial charge in [-0.15, -0.1) is 6.58 Å². The van der Waals surface area contributed by atoms with Gasteiger partial charge in [0.2, 0.25) is 5.91 Å². The van der Waals surface area contributed by atoms with Crippen molar-refractivity contribution in [1.82, 2.24) is 10.2 Å². The number of allylic oxidation sites excluding steroid dienone is 1. The topological polar surface area (TPSA) is 52.6 Å². The van der Waals surface area contributed by atoms with Crippen LogP contribution in [0.4, 0.5) is 0 Å². The van der Waals surface area contributed by atoms with Crippen LogP contribution in [0.15, 0.2) is 43.0 Å². The monoisotopic (exact) mass is 302 g/mol. The second kappa shape index (κ2) is 8.11. The van der Waals surface area contributed by atoms with Crippen molar-refractivity contribution in [2.24, 2.45) is 5.41 Å². The number of hydrogen-bond donors (Lipinski definition) is 2. The summed E-state index contributed by atoms with van der Waals surface area (Å²) >= 11 is 0. The lowest BCUT2D eigenvalue weighted by Crippen LogP contribution is -2.48. The third-order valence-electron chi connectivity index (χ3n) is 4.35. The van der Waals surface area contributed by atoms with Crippen molar-refractivity contribution in [1.29, 1.82) is 0 Å². The summed E-state index contributed by atoms with van der Waals surface area (Å²) < 4.78 is 0. The zero-order chi connectivity index (χ0) is 15.8. The van der Waals surface area contributed by atoms with Gasteiger partial charge in [0.15, 0.2) is 0 Å². The third kappa shape index (κ3) is 4.68. The summed E-state index contributed by atoms with van der Waals surface area (Å²) in [5, 5.41) is 12.7. The number of benzene rings is 1. The Morgan fingerprint density at radius 1 is 1.41 bits per heavy atom. The standard InChI is InChI=1S/C18H26N2O2/c1-2-9-18(15-21)10-6-11-20(14-18)13-17(22)19-12-16-7-4-3-5-8-16/h2-5,7-8,21H,1,6,9-15H2,(H,19,22)/t18-/m1/s1. The first-order chi connectivity index (χ1) is 10.7. The van der Waals surface area contributed by atoms with Crippen LogP contribution in [0.2, 0.25) is 0 Å². The first kappa shape index (κ1) is 16.7. The van der Waals surface area contributed by atoms with Crippen molar-refractivity contribution in [3.63, 3.8) is 0 Å². The van der Waals surface area contributed by atoms with E-state index >= 15 is 0 Å². The van der Waals surface area contributed by atoms with Crippen LogP contribution in [0.1, 0.15) is 24.8 Å². The molecule has 4 nitrogen and oxygen atoms in total. The second-order valence-corrected chi connectivity index (χ2v) is 6.23. The number of nitrogens with one attached hydrogen (secondary N) is 1. The van der Waals surface area contributed by atoms with Gasteiger partial charge in [-0.05, 0) is 31.4 Å². The van der Waals surface area contributed by atoms with E-state index in [1.807, 2.05) is 36.4 Å². The van der Waals surface area contributed by atoms with Crippen LogP contribution < -0.4 is 5.32 Å². The molecular weight excluding hydrogens is 276 g/mol. The van der Waals surface area contributed by atoms with Gasteiger partial charge in [0.1, 0.15) is 0 Å². The molecule has 0 radical (unpaired) electrons. The Kier molecular flexibility index (Phi) is 6.16. The van der Waals surface area contributed by atoms with Gasteiger partial charge in [-0.2, -0.15) is 0 Å². The molecule has 1 aromatic rings. The summed E-state index contributed by atoms with van der Waals surface area (Å²) in [4.78, 5) is 14.2. The Hall–Kier alpha value is -1.65. The van der Waals surface area contributed by atoms with E-state index in [4.69, 9.17) is 0 Å². The first-order valence-corrected chi connectivity index (χ1v) is 7.92. The fourth-order valence-electron chi connectivity index (χ4n) is 3.17. The molecule has 2 rings (SSSR count). The maximum Gasteiger partial charge on any atom is 0.234 e. The highest BCUT2D eigenvalue weighted by Gasteiger charge is 2.34.